The molecule has 1 aliphatic rings. The van der Waals surface area contributed by atoms with Crippen LogP contribution < -0.4 is 10.6 Å². The van der Waals surface area contributed by atoms with Crippen LogP contribution in [0, 0.1) is 0 Å². The van der Waals surface area contributed by atoms with E-state index in [4.69, 9.17) is 12.2 Å². The predicted molar refractivity (Wildman–Crippen MR) is 75.8 cm³/mol. The number of nitrogens with one attached hydrogen (secondary N) is 2. The fourth-order valence-electron chi connectivity index (χ4n) is 2.01. The first-order valence-electron chi connectivity index (χ1n) is 5.56. The van der Waals surface area contributed by atoms with Crippen LogP contribution in [0.3, 0.4) is 0 Å². The average molecular weight is 254 g/mol. The van der Waals surface area contributed by atoms with Crippen molar-refractivity contribution >= 4 is 40.1 Å². The number of carbonyl (C=O) groups is 1. The monoisotopic (exact) mass is 254 g/mol. The molecule has 0 saturated carbocycles. The van der Waals surface area contributed by atoms with Crippen molar-refractivity contribution in [1.29, 1.82) is 0 Å². The van der Waals surface area contributed by atoms with Crippen LogP contribution in [0.15, 0.2) is 48.2 Å². The summed E-state index contributed by atoms with van der Waals surface area (Å²) in [5.74, 6) is -0.187. The largest absolute Gasteiger partial charge is 0.328 e. The minimum Gasteiger partial charge on any atom is -0.328 e. The predicted octanol–water partition coefficient (Wildman–Crippen LogP) is 2.19. The van der Waals surface area contributed by atoms with Gasteiger partial charge in [0, 0.05) is 0 Å². The van der Waals surface area contributed by atoms with Crippen molar-refractivity contribution < 1.29 is 4.79 Å². The zero-order valence-electron chi connectivity index (χ0n) is 9.44. The van der Waals surface area contributed by atoms with Crippen molar-refractivity contribution in [2.75, 3.05) is 0 Å². The van der Waals surface area contributed by atoms with Crippen LogP contribution in [-0.2, 0) is 4.79 Å². The Bertz CT molecular complexity index is 686. The second-order valence-electron chi connectivity index (χ2n) is 4.03. The van der Waals surface area contributed by atoms with Gasteiger partial charge in [-0.15, -0.1) is 0 Å². The number of thiocarbonyl (C=S) groups is 1. The maximum Gasteiger partial charge on any atom is 0.273 e. The van der Waals surface area contributed by atoms with Gasteiger partial charge in [-0.2, -0.15) is 0 Å². The van der Waals surface area contributed by atoms with Gasteiger partial charge in [-0.1, -0.05) is 42.5 Å². The quantitative estimate of drug-likeness (QED) is 0.605. The van der Waals surface area contributed by atoms with Crippen molar-refractivity contribution in [3.8, 4) is 0 Å². The summed E-state index contributed by atoms with van der Waals surface area (Å²) in [4.78, 5) is 11.6. The highest BCUT2D eigenvalue weighted by Crippen LogP contribution is 2.20. The van der Waals surface area contributed by atoms with Gasteiger partial charge in [-0.3, -0.25) is 10.1 Å². The van der Waals surface area contributed by atoms with Crippen LogP contribution in [-0.4, -0.2) is 11.0 Å². The molecule has 4 heteroatoms. The standard InChI is InChI=1S/C14H10N2OS/c17-13-12(15-14(18)16-13)8-10-6-3-5-9-4-1-2-7-11(9)10/h1-8H,(H2,15,16,17,18). The number of rotatable bonds is 1. The Morgan fingerprint density at radius 2 is 1.78 bits per heavy atom. The van der Waals surface area contributed by atoms with Crippen LogP contribution in [0.1, 0.15) is 5.56 Å². The number of amides is 1. The van der Waals surface area contributed by atoms with Gasteiger partial charge in [0.15, 0.2) is 5.11 Å². The molecule has 3 nitrogen and oxygen atoms in total. The minimum atomic E-state index is -0.187. The molecule has 1 fully saturated rings. The maximum absolute atomic E-state index is 11.6. The van der Waals surface area contributed by atoms with Gasteiger partial charge in [0.2, 0.25) is 0 Å². The lowest BCUT2D eigenvalue weighted by Gasteiger charge is -2.02. The zero-order chi connectivity index (χ0) is 12.5. The van der Waals surface area contributed by atoms with Crippen molar-refractivity contribution in [3.63, 3.8) is 0 Å². The lowest BCUT2D eigenvalue weighted by molar-refractivity contribution is -0.115. The molecule has 0 radical (unpaired) electrons. The van der Waals surface area contributed by atoms with E-state index in [0.717, 1.165) is 16.3 Å². The summed E-state index contributed by atoms with van der Waals surface area (Å²) in [5.41, 5.74) is 1.48. The summed E-state index contributed by atoms with van der Waals surface area (Å²) in [6.45, 7) is 0. The Morgan fingerprint density at radius 1 is 1.00 bits per heavy atom. The van der Waals surface area contributed by atoms with Gasteiger partial charge in [-0.05, 0) is 34.6 Å². The first-order chi connectivity index (χ1) is 8.74. The lowest BCUT2D eigenvalue weighted by Crippen LogP contribution is -2.21. The molecule has 3 rings (SSSR count). The average Bonchev–Trinajstić information content (AvgIpc) is 2.68. The summed E-state index contributed by atoms with van der Waals surface area (Å²) in [6, 6.07) is 14.1. The molecule has 1 aliphatic heterocycles. The molecule has 0 aromatic heterocycles. The third-order valence-corrected chi connectivity index (χ3v) is 3.05. The molecule has 1 heterocycles. The lowest BCUT2D eigenvalue weighted by atomic mass is 10.0. The molecule has 0 unspecified atom stereocenters. The van der Waals surface area contributed by atoms with Gasteiger partial charge >= 0.3 is 0 Å². The zero-order valence-corrected chi connectivity index (χ0v) is 10.3. The summed E-state index contributed by atoms with van der Waals surface area (Å²) in [7, 11) is 0. The highest BCUT2D eigenvalue weighted by atomic mass is 32.1. The summed E-state index contributed by atoms with van der Waals surface area (Å²) in [6.07, 6.45) is 1.82. The normalized spacial score (nSPS) is 17.0. The maximum atomic E-state index is 11.6. The van der Waals surface area contributed by atoms with Crippen LogP contribution in [0.4, 0.5) is 0 Å². The van der Waals surface area contributed by atoms with Crippen LogP contribution in [0.2, 0.25) is 0 Å². The third kappa shape index (κ3) is 1.87. The summed E-state index contributed by atoms with van der Waals surface area (Å²) < 4.78 is 0. The van der Waals surface area contributed by atoms with Gasteiger partial charge in [0.1, 0.15) is 5.70 Å². The van der Waals surface area contributed by atoms with Crippen LogP contribution in [0.5, 0.6) is 0 Å². The van der Waals surface area contributed by atoms with E-state index in [0.29, 0.717) is 10.8 Å². The molecule has 0 bridgehead atoms. The first-order valence-corrected chi connectivity index (χ1v) is 5.97. The molecule has 2 N–H and O–H groups in total. The van der Waals surface area contributed by atoms with Gasteiger partial charge in [0.05, 0.1) is 0 Å². The van der Waals surface area contributed by atoms with Gasteiger partial charge < -0.3 is 5.32 Å². The Hall–Kier alpha value is -2.20. The molecule has 0 aliphatic carbocycles. The molecular formula is C14H10N2OS. The van der Waals surface area contributed by atoms with Gasteiger partial charge in [-0.25, -0.2) is 0 Å². The molecule has 2 aromatic rings. The number of fused-ring (bicyclic) bond motifs is 1. The van der Waals surface area contributed by atoms with E-state index in [9.17, 15) is 4.79 Å². The molecule has 1 saturated heterocycles. The topological polar surface area (TPSA) is 41.1 Å². The molecule has 0 spiro atoms. The molecule has 88 valence electrons. The molecular weight excluding hydrogens is 244 g/mol. The number of hydrogen-bond donors (Lipinski definition) is 2. The van der Waals surface area contributed by atoms with E-state index in [1.54, 1.807) is 0 Å². The summed E-state index contributed by atoms with van der Waals surface area (Å²) in [5, 5.41) is 8.01. The summed E-state index contributed by atoms with van der Waals surface area (Å²) >= 11 is 4.90. The van der Waals surface area contributed by atoms with E-state index in [1.165, 1.54) is 0 Å². The molecule has 2 aromatic carbocycles. The number of benzene rings is 2. The highest BCUT2D eigenvalue weighted by molar-refractivity contribution is 7.80. The molecule has 0 atom stereocenters. The molecule has 18 heavy (non-hydrogen) atoms. The van der Waals surface area contributed by atoms with Crippen molar-refractivity contribution in [2.45, 2.75) is 0 Å². The van der Waals surface area contributed by atoms with E-state index < -0.39 is 0 Å². The highest BCUT2D eigenvalue weighted by Gasteiger charge is 2.19. The second kappa shape index (κ2) is 4.23. The van der Waals surface area contributed by atoms with Gasteiger partial charge in [0.25, 0.3) is 5.91 Å². The first kappa shape index (κ1) is 10.9. The Morgan fingerprint density at radius 3 is 2.56 bits per heavy atom. The van der Waals surface area contributed by atoms with Crippen molar-refractivity contribution in [1.82, 2.24) is 10.6 Å². The Labute approximate surface area is 109 Å². The van der Waals surface area contributed by atoms with Crippen LogP contribution in [0.25, 0.3) is 16.8 Å². The van der Waals surface area contributed by atoms with E-state index >= 15 is 0 Å². The second-order valence-corrected chi connectivity index (χ2v) is 4.44. The smallest absolute Gasteiger partial charge is 0.273 e. The molecule has 1 amide bonds. The van der Waals surface area contributed by atoms with Crippen molar-refractivity contribution in [3.05, 3.63) is 53.7 Å². The van der Waals surface area contributed by atoms with Crippen LogP contribution >= 0.6 is 12.2 Å². The van der Waals surface area contributed by atoms with E-state index in [2.05, 4.69) is 10.6 Å². The minimum absolute atomic E-state index is 0.187. The van der Waals surface area contributed by atoms with E-state index in [1.807, 2.05) is 48.5 Å². The fourth-order valence-corrected chi connectivity index (χ4v) is 2.22. The number of carbonyl (C=O) groups excluding carboxylic acids is 1. The number of hydrogen-bond acceptors (Lipinski definition) is 2. The Balaban J connectivity index is 2.13. The Kier molecular flexibility index (Phi) is 2.57. The van der Waals surface area contributed by atoms with Crippen molar-refractivity contribution in [2.24, 2.45) is 0 Å². The third-order valence-electron chi connectivity index (χ3n) is 2.84. The van der Waals surface area contributed by atoms with E-state index in [-0.39, 0.29) is 5.91 Å². The SMILES string of the molecule is O=C1NC(=S)NC1=Cc1cccc2ccccc12. The fraction of sp³-hybridized carbons (Fsp3) is 0.